The Balaban J connectivity index is 1.59. The summed E-state index contributed by atoms with van der Waals surface area (Å²) < 4.78 is 10.6. The molecule has 1 aromatic carbocycles. The van der Waals surface area contributed by atoms with Gasteiger partial charge in [-0.05, 0) is 48.9 Å². The molecule has 126 valence electrons. The standard InChI is InChI=1S/C18H25NO4/c1-22-16-11-23-10-15(17(16)20)9-19-18(21)14-7-6-12-4-2-3-5-13(12)8-14/h6-8,15-17,20H,2-5,9-11H2,1H3,(H,19,21)/t15-,16-,17+/m1/s1. The van der Waals surface area contributed by atoms with Crippen LogP contribution in [0.3, 0.4) is 0 Å². The van der Waals surface area contributed by atoms with Crippen molar-refractivity contribution in [3.05, 3.63) is 34.9 Å². The van der Waals surface area contributed by atoms with Crippen LogP contribution in [0.25, 0.3) is 0 Å². The van der Waals surface area contributed by atoms with Crippen LogP contribution in [0, 0.1) is 5.92 Å². The summed E-state index contributed by atoms with van der Waals surface area (Å²) in [7, 11) is 1.56. The molecule has 2 N–H and O–H groups in total. The van der Waals surface area contributed by atoms with E-state index in [1.54, 1.807) is 7.11 Å². The number of benzene rings is 1. The summed E-state index contributed by atoms with van der Waals surface area (Å²) in [6, 6.07) is 5.98. The summed E-state index contributed by atoms with van der Waals surface area (Å²) in [5.74, 6) is -0.236. The lowest BCUT2D eigenvalue weighted by Crippen LogP contribution is -2.49. The van der Waals surface area contributed by atoms with Gasteiger partial charge in [-0.2, -0.15) is 0 Å². The van der Waals surface area contributed by atoms with Crippen molar-refractivity contribution in [1.29, 1.82) is 0 Å². The van der Waals surface area contributed by atoms with Crippen LogP contribution in [0.1, 0.15) is 34.3 Å². The Kier molecular flexibility index (Phi) is 5.30. The number of nitrogens with one attached hydrogen (secondary N) is 1. The summed E-state index contributed by atoms with van der Waals surface area (Å²) in [6.07, 6.45) is 3.66. The average molecular weight is 319 g/mol. The Bertz CT molecular complexity index is 560. The monoisotopic (exact) mass is 319 g/mol. The number of hydrogen-bond acceptors (Lipinski definition) is 4. The van der Waals surface area contributed by atoms with Crippen LogP contribution >= 0.6 is 0 Å². The molecule has 1 aromatic rings. The van der Waals surface area contributed by atoms with Crippen molar-refractivity contribution < 1.29 is 19.4 Å². The number of amides is 1. The zero-order valence-electron chi connectivity index (χ0n) is 13.6. The van der Waals surface area contributed by atoms with E-state index in [9.17, 15) is 9.90 Å². The largest absolute Gasteiger partial charge is 0.390 e. The molecule has 0 radical (unpaired) electrons. The minimum Gasteiger partial charge on any atom is -0.390 e. The van der Waals surface area contributed by atoms with E-state index in [-0.39, 0.29) is 17.9 Å². The van der Waals surface area contributed by atoms with Crippen molar-refractivity contribution in [1.82, 2.24) is 5.32 Å². The highest BCUT2D eigenvalue weighted by atomic mass is 16.5. The zero-order valence-corrected chi connectivity index (χ0v) is 13.6. The molecule has 0 aromatic heterocycles. The summed E-state index contributed by atoms with van der Waals surface area (Å²) in [5.41, 5.74) is 3.36. The lowest BCUT2D eigenvalue weighted by molar-refractivity contribution is -0.132. The molecular weight excluding hydrogens is 294 g/mol. The highest BCUT2D eigenvalue weighted by Gasteiger charge is 2.32. The zero-order chi connectivity index (χ0) is 16.2. The second-order valence-electron chi connectivity index (χ2n) is 6.46. The molecule has 0 saturated carbocycles. The first-order valence-electron chi connectivity index (χ1n) is 8.37. The van der Waals surface area contributed by atoms with Crippen LogP contribution in [0.2, 0.25) is 0 Å². The number of carbonyl (C=O) groups excluding carboxylic acids is 1. The molecule has 0 bridgehead atoms. The van der Waals surface area contributed by atoms with E-state index in [4.69, 9.17) is 9.47 Å². The number of carbonyl (C=O) groups is 1. The molecule has 1 fully saturated rings. The van der Waals surface area contributed by atoms with Gasteiger partial charge in [0.05, 0.1) is 19.3 Å². The predicted octanol–water partition coefficient (Wildman–Crippen LogP) is 1.32. The van der Waals surface area contributed by atoms with Gasteiger partial charge in [0, 0.05) is 25.1 Å². The lowest BCUT2D eigenvalue weighted by atomic mass is 9.90. The number of aliphatic hydroxyl groups excluding tert-OH is 1. The fraction of sp³-hybridized carbons (Fsp3) is 0.611. The third-order valence-corrected chi connectivity index (χ3v) is 4.92. The van der Waals surface area contributed by atoms with Gasteiger partial charge < -0.3 is 19.9 Å². The van der Waals surface area contributed by atoms with Crippen LogP contribution in [0.4, 0.5) is 0 Å². The minimum absolute atomic E-state index is 0.0925. The van der Waals surface area contributed by atoms with Gasteiger partial charge >= 0.3 is 0 Å². The molecule has 1 saturated heterocycles. The molecule has 3 atom stereocenters. The molecule has 0 unspecified atom stereocenters. The van der Waals surface area contributed by atoms with Gasteiger partial charge in [0.25, 0.3) is 5.91 Å². The molecule has 1 heterocycles. The number of aryl methyl sites for hydroxylation is 2. The van der Waals surface area contributed by atoms with Crippen LogP contribution in [-0.2, 0) is 22.3 Å². The Labute approximate surface area is 137 Å². The normalized spacial score (nSPS) is 27.3. The summed E-state index contributed by atoms with van der Waals surface area (Å²) in [6.45, 7) is 1.22. The Morgan fingerprint density at radius 1 is 1.30 bits per heavy atom. The van der Waals surface area contributed by atoms with Crippen molar-refractivity contribution in [2.24, 2.45) is 5.92 Å². The van der Waals surface area contributed by atoms with E-state index in [1.807, 2.05) is 12.1 Å². The predicted molar refractivity (Wildman–Crippen MR) is 86.5 cm³/mol. The first-order valence-corrected chi connectivity index (χ1v) is 8.37. The third kappa shape index (κ3) is 3.74. The van der Waals surface area contributed by atoms with E-state index in [2.05, 4.69) is 11.4 Å². The fourth-order valence-electron chi connectivity index (χ4n) is 3.42. The molecule has 3 rings (SSSR count). The topological polar surface area (TPSA) is 67.8 Å². The number of aliphatic hydroxyl groups is 1. The van der Waals surface area contributed by atoms with Crippen LogP contribution < -0.4 is 5.32 Å². The summed E-state index contributed by atoms with van der Waals surface area (Å²) >= 11 is 0. The van der Waals surface area contributed by atoms with Gasteiger partial charge in [-0.15, -0.1) is 0 Å². The van der Waals surface area contributed by atoms with Crippen LogP contribution in [0.15, 0.2) is 18.2 Å². The Morgan fingerprint density at radius 3 is 2.87 bits per heavy atom. The van der Waals surface area contributed by atoms with Gasteiger partial charge in [0.15, 0.2) is 0 Å². The maximum Gasteiger partial charge on any atom is 0.251 e. The van der Waals surface area contributed by atoms with Crippen molar-refractivity contribution in [2.75, 3.05) is 26.9 Å². The van der Waals surface area contributed by atoms with Crippen molar-refractivity contribution in [3.63, 3.8) is 0 Å². The van der Waals surface area contributed by atoms with E-state index >= 15 is 0 Å². The van der Waals surface area contributed by atoms with E-state index < -0.39 is 6.10 Å². The Hall–Kier alpha value is -1.43. The minimum atomic E-state index is -0.613. The van der Waals surface area contributed by atoms with Crippen LogP contribution in [0.5, 0.6) is 0 Å². The van der Waals surface area contributed by atoms with Gasteiger partial charge in [-0.3, -0.25) is 4.79 Å². The molecule has 1 amide bonds. The van der Waals surface area contributed by atoms with E-state index in [1.165, 1.54) is 24.0 Å². The maximum absolute atomic E-state index is 12.4. The van der Waals surface area contributed by atoms with Gasteiger partial charge in [0.1, 0.15) is 6.10 Å². The van der Waals surface area contributed by atoms with Gasteiger partial charge in [0.2, 0.25) is 0 Å². The number of methoxy groups -OCH3 is 1. The molecule has 23 heavy (non-hydrogen) atoms. The highest BCUT2D eigenvalue weighted by molar-refractivity contribution is 5.94. The van der Waals surface area contributed by atoms with Crippen molar-refractivity contribution in [3.8, 4) is 0 Å². The molecule has 1 aliphatic heterocycles. The molecule has 1 aliphatic carbocycles. The van der Waals surface area contributed by atoms with Gasteiger partial charge in [-0.25, -0.2) is 0 Å². The maximum atomic E-state index is 12.4. The molecular formula is C18H25NO4. The highest BCUT2D eigenvalue weighted by Crippen LogP contribution is 2.22. The van der Waals surface area contributed by atoms with Crippen molar-refractivity contribution in [2.45, 2.75) is 37.9 Å². The lowest BCUT2D eigenvalue weighted by Gasteiger charge is -2.33. The second kappa shape index (κ2) is 7.43. The van der Waals surface area contributed by atoms with Gasteiger partial charge in [-0.1, -0.05) is 6.07 Å². The number of rotatable bonds is 4. The average Bonchev–Trinajstić information content (AvgIpc) is 2.60. The SMILES string of the molecule is CO[C@@H]1COC[C@@H](CNC(=O)c2ccc3c(c2)CCCC3)[C@@H]1O. The molecule has 5 heteroatoms. The Morgan fingerprint density at radius 2 is 2.09 bits per heavy atom. The fourth-order valence-corrected chi connectivity index (χ4v) is 3.42. The van der Waals surface area contributed by atoms with Crippen molar-refractivity contribution >= 4 is 5.91 Å². The third-order valence-electron chi connectivity index (χ3n) is 4.92. The first kappa shape index (κ1) is 16.4. The van der Waals surface area contributed by atoms with E-state index in [0.717, 1.165) is 12.8 Å². The van der Waals surface area contributed by atoms with Crippen LogP contribution in [-0.4, -0.2) is 50.1 Å². The number of hydrogen-bond donors (Lipinski definition) is 2. The smallest absolute Gasteiger partial charge is 0.251 e. The second-order valence-corrected chi connectivity index (χ2v) is 6.46. The van der Waals surface area contributed by atoms with E-state index in [0.29, 0.717) is 25.3 Å². The summed E-state index contributed by atoms with van der Waals surface area (Å²) in [5, 5.41) is 13.1. The number of ether oxygens (including phenoxy) is 2. The number of fused-ring (bicyclic) bond motifs is 1. The quantitative estimate of drug-likeness (QED) is 0.878. The molecule has 0 spiro atoms. The first-order chi connectivity index (χ1) is 11.2. The summed E-state index contributed by atoms with van der Waals surface area (Å²) in [4.78, 5) is 12.4. The molecule has 5 nitrogen and oxygen atoms in total. The molecule has 2 aliphatic rings.